The van der Waals surface area contributed by atoms with Crippen molar-refractivity contribution in [1.29, 1.82) is 0 Å². The summed E-state index contributed by atoms with van der Waals surface area (Å²) in [4.78, 5) is 16.4. The van der Waals surface area contributed by atoms with Crippen LogP contribution in [-0.2, 0) is 17.2 Å². The van der Waals surface area contributed by atoms with Crippen LogP contribution >= 0.6 is 23.2 Å². The summed E-state index contributed by atoms with van der Waals surface area (Å²) in [6.45, 7) is 4.96. The third kappa shape index (κ3) is 3.44. The molecule has 1 N–H and O–H groups in total. The van der Waals surface area contributed by atoms with Crippen molar-refractivity contribution in [3.05, 3.63) is 29.0 Å². The SMILES string of the molecule is CC(C)CNC(=O)Cn1c(CCl)nc2ccc(Cl)cc21. The topological polar surface area (TPSA) is 46.9 Å². The monoisotopic (exact) mass is 313 g/mol. The number of imidazole rings is 1. The molecule has 1 aromatic carbocycles. The van der Waals surface area contributed by atoms with Crippen LogP contribution in [0.1, 0.15) is 19.7 Å². The maximum atomic E-state index is 12.0. The third-order valence-electron chi connectivity index (χ3n) is 2.92. The number of aromatic nitrogens is 2. The normalized spacial score (nSPS) is 11.2. The van der Waals surface area contributed by atoms with Gasteiger partial charge in [0, 0.05) is 11.6 Å². The van der Waals surface area contributed by atoms with Crippen LogP contribution in [0.2, 0.25) is 5.02 Å². The predicted octanol–water partition coefficient (Wildman–Crippen LogP) is 3.20. The van der Waals surface area contributed by atoms with Crippen molar-refractivity contribution in [3.63, 3.8) is 0 Å². The largest absolute Gasteiger partial charge is 0.354 e. The molecule has 1 aromatic heterocycles. The van der Waals surface area contributed by atoms with Gasteiger partial charge in [-0.05, 0) is 24.1 Å². The number of alkyl halides is 1. The summed E-state index contributed by atoms with van der Waals surface area (Å²) in [5.74, 6) is 1.29. The van der Waals surface area contributed by atoms with E-state index in [1.165, 1.54) is 0 Å². The maximum absolute atomic E-state index is 12.0. The first-order chi connectivity index (χ1) is 9.51. The zero-order valence-electron chi connectivity index (χ0n) is 11.5. The quantitative estimate of drug-likeness (QED) is 0.862. The van der Waals surface area contributed by atoms with Gasteiger partial charge in [0.1, 0.15) is 12.4 Å². The van der Waals surface area contributed by atoms with Crippen molar-refractivity contribution in [1.82, 2.24) is 14.9 Å². The van der Waals surface area contributed by atoms with Crippen molar-refractivity contribution < 1.29 is 4.79 Å². The van der Waals surface area contributed by atoms with Gasteiger partial charge in [0.25, 0.3) is 0 Å². The van der Waals surface area contributed by atoms with Crippen LogP contribution in [-0.4, -0.2) is 22.0 Å². The number of hydrogen-bond acceptors (Lipinski definition) is 2. The number of nitrogens with one attached hydrogen (secondary N) is 1. The Morgan fingerprint density at radius 2 is 2.20 bits per heavy atom. The van der Waals surface area contributed by atoms with E-state index < -0.39 is 0 Å². The average molecular weight is 314 g/mol. The second-order valence-corrected chi connectivity index (χ2v) is 5.78. The van der Waals surface area contributed by atoms with Crippen LogP contribution in [0.5, 0.6) is 0 Å². The molecular formula is C14H17Cl2N3O. The lowest BCUT2D eigenvalue weighted by atomic mass is 10.2. The molecule has 0 bridgehead atoms. The fraction of sp³-hybridized carbons (Fsp3) is 0.429. The third-order valence-corrected chi connectivity index (χ3v) is 3.39. The molecule has 1 heterocycles. The Morgan fingerprint density at radius 1 is 1.45 bits per heavy atom. The standard InChI is InChI=1S/C14H17Cl2N3O/c1-9(2)7-17-14(20)8-19-12-5-10(16)3-4-11(12)18-13(19)6-15/h3-5,9H,6-8H2,1-2H3,(H,17,20). The van der Waals surface area contributed by atoms with E-state index in [1.54, 1.807) is 12.1 Å². The molecule has 0 spiro atoms. The number of halogens is 2. The molecule has 0 unspecified atom stereocenters. The number of benzene rings is 1. The molecule has 1 amide bonds. The lowest BCUT2D eigenvalue weighted by Gasteiger charge is -2.10. The summed E-state index contributed by atoms with van der Waals surface area (Å²) < 4.78 is 1.81. The van der Waals surface area contributed by atoms with Gasteiger partial charge in [-0.25, -0.2) is 4.98 Å². The predicted molar refractivity (Wildman–Crippen MR) is 82.1 cm³/mol. The van der Waals surface area contributed by atoms with Crippen molar-refractivity contribution in [3.8, 4) is 0 Å². The van der Waals surface area contributed by atoms with Gasteiger partial charge in [-0.1, -0.05) is 25.4 Å². The number of fused-ring (bicyclic) bond motifs is 1. The minimum absolute atomic E-state index is 0.0515. The zero-order chi connectivity index (χ0) is 14.7. The Labute approximate surface area is 128 Å². The number of hydrogen-bond donors (Lipinski definition) is 1. The van der Waals surface area contributed by atoms with Crippen LogP contribution in [0.25, 0.3) is 11.0 Å². The molecule has 0 aliphatic heterocycles. The summed E-state index contributed by atoms with van der Waals surface area (Å²) in [7, 11) is 0. The first-order valence-electron chi connectivity index (χ1n) is 6.48. The van der Waals surface area contributed by atoms with E-state index in [2.05, 4.69) is 24.1 Å². The van der Waals surface area contributed by atoms with Crippen molar-refractivity contribution in [2.45, 2.75) is 26.3 Å². The van der Waals surface area contributed by atoms with E-state index in [1.807, 2.05) is 10.6 Å². The first kappa shape index (κ1) is 15.1. The highest BCUT2D eigenvalue weighted by Gasteiger charge is 2.13. The Kier molecular flexibility index (Phi) is 4.89. The summed E-state index contributed by atoms with van der Waals surface area (Å²) in [5.41, 5.74) is 1.62. The first-order valence-corrected chi connectivity index (χ1v) is 7.40. The van der Waals surface area contributed by atoms with Gasteiger partial charge in [-0.2, -0.15) is 0 Å². The number of amides is 1. The van der Waals surface area contributed by atoms with E-state index in [9.17, 15) is 4.79 Å². The van der Waals surface area contributed by atoms with Gasteiger partial charge in [0.15, 0.2) is 0 Å². The smallest absolute Gasteiger partial charge is 0.240 e. The molecule has 0 radical (unpaired) electrons. The van der Waals surface area contributed by atoms with Gasteiger partial charge in [0.2, 0.25) is 5.91 Å². The van der Waals surface area contributed by atoms with Crippen LogP contribution in [0, 0.1) is 5.92 Å². The molecule has 0 aliphatic rings. The highest BCUT2D eigenvalue weighted by molar-refractivity contribution is 6.31. The lowest BCUT2D eigenvalue weighted by molar-refractivity contribution is -0.121. The molecule has 0 aliphatic carbocycles. The average Bonchev–Trinajstić information content (AvgIpc) is 2.74. The van der Waals surface area contributed by atoms with Gasteiger partial charge >= 0.3 is 0 Å². The van der Waals surface area contributed by atoms with Crippen molar-refractivity contribution >= 4 is 40.1 Å². The molecule has 0 saturated heterocycles. The van der Waals surface area contributed by atoms with E-state index >= 15 is 0 Å². The van der Waals surface area contributed by atoms with Crippen LogP contribution in [0.4, 0.5) is 0 Å². The minimum Gasteiger partial charge on any atom is -0.354 e. The van der Waals surface area contributed by atoms with Crippen molar-refractivity contribution in [2.75, 3.05) is 6.54 Å². The van der Waals surface area contributed by atoms with Gasteiger partial charge < -0.3 is 9.88 Å². The Balaban J connectivity index is 2.27. The van der Waals surface area contributed by atoms with Gasteiger partial charge in [-0.15, -0.1) is 11.6 Å². The molecule has 2 aromatic rings. The highest BCUT2D eigenvalue weighted by atomic mass is 35.5. The van der Waals surface area contributed by atoms with Gasteiger partial charge in [0.05, 0.1) is 16.9 Å². The summed E-state index contributed by atoms with van der Waals surface area (Å²) >= 11 is 11.9. The number of carbonyl (C=O) groups excluding carboxylic acids is 1. The fourth-order valence-electron chi connectivity index (χ4n) is 1.94. The van der Waals surface area contributed by atoms with Crippen LogP contribution in [0.15, 0.2) is 18.2 Å². The summed E-state index contributed by atoms with van der Waals surface area (Å²) in [5, 5.41) is 3.50. The molecule has 6 heteroatoms. The molecule has 0 atom stereocenters. The van der Waals surface area contributed by atoms with Crippen LogP contribution < -0.4 is 5.32 Å². The van der Waals surface area contributed by atoms with E-state index in [-0.39, 0.29) is 18.3 Å². The van der Waals surface area contributed by atoms with E-state index in [0.717, 1.165) is 11.0 Å². The van der Waals surface area contributed by atoms with Gasteiger partial charge in [-0.3, -0.25) is 4.79 Å². The molecular weight excluding hydrogens is 297 g/mol. The minimum atomic E-state index is -0.0515. The number of nitrogens with zero attached hydrogens (tertiary/aromatic N) is 2. The zero-order valence-corrected chi connectivity index (χ0v) is 13.0. The van der Waals surface area contributed by atoms with Crippen LogP contribution in [0.3, 0.4) is 0 Å². The Bertz CT molecular complexity index is 622. The molecule has 4 nitrogen and oxygen atoms in total. The molecule has 108 valence electrons. The Hall–Kier alpha value is -1.26. The molecule has 0 fully saturated rings. The summed E-state index contributed by atoms with van der Waals surface area (Å²) in [6.07, 6.45) is 0. The number of carbonyl (C=O) groups is 1. The van der Waals surface area contributed by atoms with E-state index in [0.29, 0.717) is 23.3 Å². The summed E-state index contributed by atoms with van der Waals surface area (Å²) in [6, 6.07) is 5.41. The lowest BCUT2D eigenvalue weighted by Crippen LogP contribution is -2.31. The fourth-order valence-corrected chi connectivity index (χ4v) is 2.31. The molecule has 20 heavy (non-hydrogen) atoms. The van der Waals surface area contributed by atoms with Crippen molar-refractivity contribution in [2.24, 2.45) is 5.92 Å². The highest BCUT2D eigenvalue weighted by Crippen LogP contribution is 2.21. The Morgan fingerprint density at radius 3 is 2.85 bits per heavy atom. The van der Waals surface area contributed by atoms with E-state index in [4.69, 9.17) is 23.2 Å². The second-order valence-electron chi connectivity index (χ2n) is 5.08. The molecule has 2 rings (SSSR count). The second kappa shape index (κ2) is 6.46. The molecule has 0 saturated carbocycles. The maximum Gasteiger partial charge on any atom is 0.240 e. The number of rotatable bonds is 5.